The highest BCUT2D eigenvalue weighted by Crippen LogP contribution is 2.35. The molecule has 0 spiro atoms. The monoisotopic (exact) mass is 596 g/mol. The highest BCUT2D eigenvalue weighted by molar-refractivity contribution is 5.98. The van der Waals surface area contributed by atoms with Crippen LogP contribution < -0.4 is 10.6 Å². The Kier molecular flexibility index (Phi) is 7.93. The van der Waals surface area contributed by atoms with Crippen LogP contribution in [-0.4, -0.2) is 44.0 Å². The van der Waals surface area contributed by atoms with Crippen molar-refractivity contribution < 1.29 is 36.7 Å². The SMILES string of the molecule is C=CCOC(=O)c1ccc2c(c1C)CC[C@@H]2NC(=O)c1cc(C(=O)NCc2ccc(C(F)(F)F)nc2)nc2c(F)cnn12. The molecule has 5 rings (SSSR count). The Bertz CT molecular complexity index is 1750. The summed E-state index contributed by atoms with van der Waals surface area (Å²) in [5.41, 5.74) is 1.25. The molecule has 2 N–H and O–H groups in total. The zero-order valence-corrected chi connectivity index (χ0v) is 22.7. The van der Waals surface area contributed by atoms with Gasteiger partial charge in [0.15, 0.2) is 11.5 Å². The summed E-state index contributed by atoms with van der Waals surface area (Å²) in [5.74, 6) is -2.79. The maximum atomic E-state index is 14.5. The van der Waals surface area contributed by atoms with Crippen molar-refractivity contribution in [1.29, 1.82) is 0 Å². The van der Waals surface area contributed by atoms with Crippen molar-refractivity contribution in [3.05, 3.63) is 106 Å². The smallest absolute Gasteiger partial charge is 0.433 e. The van der Waals surface area contributed by atoms with Gasteiger partial charge in [-0.1, -0.05) is 24.8 Å². The van der Waals surface area contributed by atoms with Gasteiger partial charge in [0.2, 0.25) is 0 Å². The lowest BCUT2D eigenvalue weighted by Crippen LogP contribution is -2.30. The third-order valence-electron chi connectivity index (χ3n) is 7.01. The van der Waals surface area contributed by atoms with E-state index in [4.69, 9.17) is 4.74 Å². The van der Waals surface area contributed by atoms with E-state index in [9.17, 15) is 31.9 Å². The molecule has 0 saturated carbocycles. The summed E-state index contributed by atoms with van der Waals surface area (Å²) in [6.45, 7) is 5.22. The number of pyridine rings is 1. The molecule has 222 valence electrons. The fraction of sp³-hybridized carbons (Fsp3) is 0.241. The number of benzene rings is 1. The minimum absolute atomic E-state index is 0.0781. The highest BCUT2D eigenvalue weighted by atomic mass is 19.4. The molecule has 14 heteroatoms. The van der Waals surface area contributed by atoms with Gasteiger partial charge in [0.1, 0.15) is 23.7 Å². The normalized spacial score (nSPS) is 14.3. The lowest BCUT2D eigenvalue weighted by Gasteiger charge is -2.16. The number of fused-ring (bicyclic) bond motifs is 2. The molecule has 0 unspecified atom stereocenters. The predicted molar refractivity (Wildman–Crippen MR) is 144 cm³/mol. The van der Waals surface area contributed by atoms with Crippen LogP contribution in [0.2, 0.25) is 0 Å². The average molecular weight is 597 g/mol. The molecule has 0 aliphatic heterocycles. The maximum Gasteiger partial charge on any atom is 0.433 e. The third kappa shape index (κ3) is 5.94. The van der Waals surface area contributed by atoms with Crippen LogP contribution in [0.4, 0.5) is 17.6 Å². The Morgan fingerprint density at radius 1 is 1.16 bits per heavy atom. The van der Waals surface area contributed by atoms with E-state index in [2.05, 4.69) is 32.3 Å². The number of carbonyl (C=O) groups excluding carboxylic acids is 3. The number of rotatable bonds is 8. The number of carbonyl (C=O) groups is 3. The minimum Gasteiger partial charge on any atom is -0.458 e. The van der Waals surface area contributed by atoms with Crippen molar-refractivity contribution in [2.24, 2.45) is 0 Å². The van der Waals surface area contributed by atoms with Crippen molar-refractivity contribution in [2.75, 3.05) is 6.61 Å². The molecule has 1 atom stereocenters. The number of alkyl halides is 3. The highest BCUT2D eigenvalue weighted by Gasteiger charge is 2.32. The molecule has 2 amide bonds. The van der Waals surface area contributed by atoms with Crippen LogP contribution in [0.3, 0.4) is 0 Å². The molecule has 3 heterocycles. The Labute approximate surface area is 241 Å². The van der Waals surface area contributed by atoms with E-state index in [1.807, 2.05) is 0 Å². The van der Waals surface area contributed by atoms with E-state index in [-0.39, 0.29) is 35.8 Å². The van der Waals surface area contributed by atoms with E-state index in [1.54, 1.807) is 19.1 Å². The lowest BCUT2D eigenvalue weighted by molar-refractivity contribution is -0.141. The van der Waals surface area contributed by atoms with Gasteiger partial charge in [-0.05, 0) is 54.2 Å². The second kappa shape index (κ2) is 11.6. The molecular weight excluding hydrogens is 572 g/mol. The van der Waals surface area contributed by atoms with Gasteiger partial charge in [-0.3, -0.25) is 14.6 Å². The summed E-state index contributed by atoms with van der Waals surface area (Å²) in [6.07, 6.45) is -0.180. The molecule has 0 bridgehead atoms. The van der Waals surface area contributed by atoms with Crippen molar-refractivity contribution in [1.82, 2.24) is 30.2 Å². The van der Waals surface area contributed by atoms with Gasteiger partial charge in [0, 0.05) is 18.8 Å². The molecule has 0 saturated heterocycles. The Balaban J connectivity index is 1.35. The minimum atomic E-state index is -4.60. The quantitative estimate of drug-likeness (QED) is 0.177. The van der Waals surface area contributed by atoms with Crippen LogP contribution >= 0.6 is 0 Å². The van der Waals surface area contributed by atoms with Gasteiger partial charge in [-0.25, -0.2) is 18.7 Å². The molecule has 1 aliphatic rings. The van der Waals surface area contributed by atoms with E-state index in [0.29, 0.717) is 18.4 Å². The van der Waals surface area contributed by atoms with Gasteiger partial charge in [0.25, 0.3) is 11.8 Å². The molecule has 0 radical (unpaired) electrons. The summed E-state index contributed by atoms with van der Waals surface area (Å²) in [4.78, 5) is 46.1. The van der Waals surface area contributed by atoms with E-state index in [1.165, 1.54) is 6.08 Å². The number of hydrogen-bond acceptors (Lipinski definition) is 7. The number of ether oxygens (including phenoxy) is 1. The average Bonchev–Trinajstić information content (AvgIpc) is 3.57. The van der Waals surface area contributed by atoms with Gasteiger partial charge in [0.05, 0.1) is 17.8 Å². The topological polar surface area (TPSA) is 128 Å². The summed E-state index contributed by atoms with van der Waals surface area (Å²) in [7, 11) is 0. The van der Waals surface area contributed by atoms with Crippen LogP contribution in [-0.2, 0) is 23.9 Å². The van der Waals surface area contributed by atoms with Crippen molar-refractivity contribution in [2.45, 2.75) is 38.5 Å². The van der Waals surface area contributed by atoms with E-state index in [0.717, 1.165) is 51.8 Å². The van der Waals surface area contributed by atoms with E-state index >= 15 is 0 Å². The molecular formula is C29H24F4N6O4. The third-order valence-corrected chi connectivity index (χ3v) is 7.01. The summed E-state index contributed by atoms with van der Waals surface area (Å²) >= 11 is 0. The van der Waals surface area contributed by atoms with Gasteiger partial charge >= 0.3 is 12.1 Å². The molecule has 0 fully saturated rings. The first kappa shape index (κ1) is 29.4. The predicted octanol–water partition coefficient (Wildman–Crippen LogP) is 4.28. The molecule has 3 aromatic heterocycles. The lowest BCUT2D eigenvalue weighted by atomic mass is 9.98. The van der Waals surface area contributed by atoms with Crippen LogP contribution in [0.25, 0.3) is 5.65 Å². The van der Waals surface area contributed by atoms with Crippen LogP contribution in [0.5, 0.6) is 0 Å². The molecule has 43 heavy (non-hydrogen) atoms. The molecule has 4 aromatic rings. The van der Waals surface area contributed by atoms with Crippen LogP contribution in [0, 0.1) is 12.7 Å². The number of nitrogens with one attached hydrogen (secondary N) is 2. The first-order chi connectivity index (χ1) is 20.5. The number of amides is 2. The Hall–Kier alpha value is -5.14. The zero-order chi connectivity index (χ0) is 30.9. The fourth-order valence-electron chi connectivity index (χ4n) is 4.88. The second-order valence-corrected chi connectivity index (χ2v) is 9.74. The molecule has 1 aromatic carbocycles. The Morgan fingerprint density at radius 3 is 2.65 bits per heavy atom. The number of nitrogens with zero attached hydrogens (tertiary/aromatic N) is 4. The molecule has 1 aliphatic carbocycles. The first-order valence-corrected chi connectivity index (χ1v) is 13.0. The number of hydrogen-bond donors (Lipinski definition) is 2. The van der Waals surface area contributed by atoms with Crippen molar-refractivity contribution in [3.8, 4) is 0 Å². The largest absolute Gasteiger partial charge is 0.458 e. The summed E-state index contributed by atoms with van der Waals surface area (Å²) in [5, 5.41) is 9.26. The van der Waals surface area contributed by atoms with Crippen LogP contribution in [0.15, 0.2) is 55.4 Å². The van der Waals surface area contributed by atoms with Gasteiger partial charge < -0.3 is 15.4 Å². The van der Waals surface area contributed by atoms with Gasteiger partial charge in [-0.15, -0.1) is 0 Å². The number of esters is 1. The first-order valence-electron chi connectivity index (χ1n) is 13.0. The van der Waals surface area contributed by atoms with Crippen LogP contribution in [0.1, 0.15) is 71.7 Å². The Morgan fingerprint density at radius 2 is 1.95 bits per heavy atom. The standard InChI is InChI=1S/C29H24F4N6O4/c1-3-10-43-28(42)18-5-6-19-17(15(18)2)7-8-21(19)38-27(41)23-11-22(37-25-20(30)14-36-39(23)25)26(40)35-13-16-4-9-24(34-12-16)29(31,32)33/h3-6,9,11-12,14,21H,1,7-8,10,13H2,2H3,(H,35,40)(H,38,41)/t21-/m0/s1. The molecule has 10 nitrogen and oxygen atoms in total. The van der Waals surface area contributed by atoms with Gasteiger partial charge in [-0.2, -0.15) is 18.3 Å². The summed E-state index contributed by atoms with van der Waals surface area (Å²) in [6, 6.07) is 6.04. The van der Waals surface area contributed by atoms with Crippen molar-refractivity contribution in [3.63, 3.8) is 0 Å². The zero-order valence-electron chi connectivity index (χ0n) is 22.7. The maximum absolute atomic E-state index is 14.5. The van der Waals surface area contributed by atoms with Crippen molar-refractivity contribution >= 4 is 23.4 Å². The number of halogens is 4. The number of aromatic nitrogens is 4. The second-order valence-electron chi connectivity index (χ2n) is 9.74. The van der Waals surface area contributed by atoms with E-state index < -0.39 is 41.5 Å². The fourth-order valence-corrected chi connectivity index (χ4v) is 4.88. The summed E-state index contributed by atoms with van der Waals surface area (Å²) < 4.78 is 58.9.